The maximum atomic E-state index is 13.2. The van der Waals surface area contributed by atoms with E-state index in [1.54, 1.807) is 41.9 Å². The molecule has 0 radical (unpaired) electrons. The Morgan fingerprint density at radius 1 is 1.08 bits per heavy atom. The van der Waals surface area contributed by atoms with Crippen molar-refractivity contribution in [2.75, 3.05) is 11.9 Å². The van der Waals surface area contributed by atoms with Gasteiger partial charge in [0.25, 0.3) is 0 Å². The van der Waals surface area contributed by atoms with Crippen molar-refractivity contribution in [2.45, 2.75) is 39.1 Å². The number of aromatic nitrogens is 5. The van der Waals surface area contributed by atoms with Crippen molar-refractivity contribution in [1.82, 2.24) is 24.6 Å². The van der Waals surface area contributed by atoms with Gasteiger partial charge in [-0.1, -0.05) is 0 Å². The summed E-state index contributed by atoms with van der Waals surface area (Å²) in [5.74, 6) is 1.05. The molecule has 0 amide bonds. The van der Waals surface area contributed by atoms with Gasteiger partial charge >= 0.3 is 12.8 Å². The largest absolute Gasteiger partial charge is 0.489 e. The van der Waals surface area contributed by atoms with Crippen molar-refractivity contribution in [3.8, 4) is 22.8 Å². The number of nitrogens with one attached hydrogen (secondary N) is 1. The standard InChI is InChI=1S/C23H22F5N7O2/c1-12-6-18(32-13(2)31-12)33-19-8-15-7-14(4-5-35(15)34-19)16-9-20(37-21(24)25)30-10-17(16)36-11-22(3,29)23(26,27)28/h4-10,21H,11,29H2,1-3H3,(H,31,32,33,34)/t22-/m0/s1. The fraction of sp³-hybridized carbons (Fsp3) is 0.304. The molecule has 4 aromatic heterocycles. The van der Waals surface area contributed by atoms with Crippen molar-refractivity contribution >= 4 is 17.2 Å². The second kappa shape index (κ2) is 9.76. The number of hydrogen-bond donors (Lipinski definition) is 2. The first-order valence-electron chi connectivity index (χ1n) is 10.8. The van der Waals surface area contributed by atoms with Gasteiger partial charge in [-0.2, -0.15) is 27.1 Å². The first-order chi connectivity index (χ1) is 17.3. The zero-order valence-corrected chi connectivity index (χ0v) is 19.8. The van der Waals surface area contributed by atoms with E-state index in [-0.39, 0.29) is 11.3 Å². The van der Waals surface area contributed by atoms with Crippen LogP contribution in [0, 0.1) is 13.8 Å². The Labute approximate surface area is 207 Å². The molecule has 3 N–H and O–H groups in total. The minimum atomic E-state index is -4.74. The first kappa shape index (κ1) is 26.0. The molecule has 14 heteroatoms. The van der Waals surface area contributed by atoms with Crippen molar-refractivity contribution in [2.24, 2.45) is 5.73 Å². The average Bonchev–Trinajstić information content (AvgIpc) is 3.17. The number of nitrogens with zero attached hydrogens (tertiary/aromatic N) is 5. The fourth-order valence-electron chi connectivity index (χ4n) is 3.36. The molecule has 4 heterocycles. The van der Waals surface area contributed by atoms with Crippen molar-refractivity contribution < 1.29 is 31.4 Å². The van der Waals surface area contributed by atoms with Crippen LogP contribution in [0.4, 0.5) is 33.6 Å². The topological polar surface area (TPSA) is 112 Å². The Morgan fingerprint density at radius 3 is 2.51 bits per heavy atom. The number of rotatable bonds is 8. The van der Waals surface area contributed by atoms with E-state index >= 15 is 0 Å². The fourth-order valence-corrected chi connectivity index (χ4v) is 3.36. The van der Waals surface area contributed by atoms with Crippen LogP contribution in [0.15, 0.2) is 42.7 Å². The second-order valence-corrected chi connectivity index (χ2v) is 8.48. The summed E-state index contributed by atoms with van der Waals surface area (Å²) in [6.07, 6.45) is -2.14. The molecule has 0 saturated heterocycles. The van der Waals surface area contributed by atoms with E-state index in [9.17, 15) is 22.0 Å². The summed E-state index contributed by atoms with van der Waals surface area (Å²) in [7, 11) is 0. The Balaban J connectivity index is 1.68. The maximum absolute atomic E-state index is 13.2. The summed E-state index contributed by atoms with van der Waals surface area (Å²) < 4.78 is 76.4. The highest BCUT2D eigenvalue weighted by atomic mass is 19.4. The van der Waals surface area contributed by atoms with E-state index in [2.05, 4.69) is 30.1 Å². The molecule has 0 bridgehead atoms. The molecular weight excluding hydrogens is 501 g/mol. The van der Waals surface area contributed by atoms with E-state index in [1.165, 1.54) is 0 Å². The molecule has 0 unspecified atom stereocenters. The van der Waals surface area contributed by atoms with Crippen LogP contribution >= 0.6 is 0 Å². The number of alkyl halides is 5. The van der Waals surface area contributed by atoms with Crippen molar-refractivity contribution in [1.29, 1.82) is 0 Å². The van der Waals surface area contributed by atoms with Crippen LogP contribution in [-0.2, 0) is 0 Å². The van der Waals surface area contributed by atoms with E-state index < -0.39 is 30.8 Å². The Morgan fingerprint density at radius 2 is 1.84 bits per heavy atom. The molecule has 196 valence electrons. The van der Waals surface area contributed by atoms with Crippen LogP contribution in [0.2, 0.25) is 0 Å². The molecule has 0 aliphatic heterocycles. The van der Waals surface area contributed by atoms with Gasteiger partial charge < -0.3 is 20.5 Å². The lowest BCUT2D eigenvalue weighted by Crippen LogP contribution is -2.55. The van der Waals surface area contributed by atoms with E-state index in [4.69, 9.17) is 10.5 Å². The number of halogens is 5. The van der Waals surface area contributed by atoms with Crippen molar-refractivity contribution in [3.05, 3.63) is 54.2 Å². The monoisotopic (exact) mass is 523 g/mol. The molecule has 0 spiro atoms. The number of fused-ring (bicyclic) bond motifs is 1. The number of hydrogen-bond acceptors (Lipinski definition) is 8. The summed E-state index contributed by atoms with van der Waals surface area (Å²) in [4.78, 5) is 12.2. The lowest BCUT2D eigenvalue weighted by Gasteiger charge is -2.27. The van der Waals surface area contributed by atoms with Crippen molar-refractivity contribution in [3.63, 3.8) is 0 Å². The molecule has 0 fully saturated rings. The van der Waals surface area contributed by atoms with E-state index in [1.807, 2.05) is 6.92 Å². The molecule has 9 nitrogen and oxygen atoms in total. The molecule has 0 aliphatic rings. The average molecular weight is 523 g/mol. The van der Waals surface area contributed by atoms with Crippen LogP contribution in [-0.4, -0.2) is 49.5 Å². The van der Waals surface area contributed by atoms with Gasteiger partial charge in [0.2, 0.25) is 5.88 Å². The van der Waals surface area contributed by atoms with Crippen LogP contribution in [0.3, 0.4) is 0 Å². The highest BCUT2D eigenvalue weighted by molar-refractivity contribution is 5.75. The summed E-state index contributed by atoms with van der Waals surface area (Å²) in [6, 6.07) is 7.84. The number of nitrogens with two attached hydrogens (primary N) is 1. The maximum Gasteiger partial charge on any atom is 0.409 e. The number of aryl methyl sites for hydroxylation is 2. The predicted octanol–water partition coefficient (Wildman–Crippen LogP) is 4.81. The number of pyridine rings is 2. The summed E-state index contributed by atoms with van der Waals surface area (Å²) in [6.45, 7) is 0.294. The van der Waals surface area contributed by atoms with Gasteiger partial charge in [0.15, 0.2) is 5.82 Å². The summed E-state index contributed by atoms with van der Waals surface area (Å²) in [5, 5.41) is 7.50. The van der Waals surface area contributed by atoms with Crippen LogP contribution in [0.5, 0.6) is 11.6 Å². The van der Waals surface area contributed by atoms with Gasteiger partial charge in [-0.3, -0.25) is 0 Å². The molecule has 1 atom stereocenters. The lowest BCUT2D eigenvalue weighted by molar-refractivity contribution is -0.187. The minimum Gasteiger partial charge on any atom is -0.489 e. The first-order valence-corrected chi connectivity index (χ1v) is 10.8. The predicted molar refractivity (Wildman–Crippen MR) is 124 cm³/mol. The third kappa shape index (κ3) is 6.02. The summed E-state index contributed by atoms with van der Waals surface area (Å²) >= 11 is 0. The Kier molecular flexibility index (Phi) is 6.86. The van der Waals surface area contributed by atoms with Gasteiger partial charge in [-0.05, 0) is 38.5 Å². The normalized spacial score (nSPS) is 13.6. The number of anilines is 2. The SMILES string of the molecule is Cc1cc(Nc2cc3cc(-c4cc(OC(F)F)ncc4OC[C@](C)(N)C(F)(F)F)ccn3n2)nc(C)n1. The van der Waals surface area contributed by atoms with Gasteiger partial charge in [0, 0.05) is 35.7 Å². The smallest absolute Gasteiger partial charge is 0.409 e. The molecule has 37 heavy (non-hydrogen) atoms. The second-order valence-electron chi connectivity index (χ2n) is 8.48. The third-order valence-corrected chi connectivity index (χ3v) is 5.22. The lowest BCUT2D eigenvalue weighted by atomic mass is 10.0. The third-order valence-electron chi connectivity index (χ3n) is 5.22. The van der Waals surface area contributed by atoms with Gasteiger partial charge in [-0.15, -0.1) is 0 Å². The molecule has 4 rings (SSSR count). The Bertz CT molecular complexity index is 1400. The van der Waals surface area contributed by atoms with Crippen LogP contribution in [0.25, 0.3) is 16.6 Å². The van der Waals surface area contributed by atoms with E-state index in [0.717, 1.165) is 24.9 Å². The van der Waals surface area contributed by atoms with Gasteiger partial charge in [-0.25, -0.2) is 19.5 Å². The molecular formula is C23H22F5N7O2. The highest BCUT2D eigenvalue weighted by Crippen LogP contribution is 2.35. The summed E-state index contributed by atoms with van der Waals surface area (Å²) in [5.41, 5.74) is 4.66. The highest BCUT2D eigenvalue weighted by Gasteiger charge is 2.49. The zero-order valence-electron chi connectivity index (χ0n) is 19.8. The Hall–Kier alpha value is -4.07. The molecule has 0 aliphatic carbocycles. The number of ether oxygens (including phenoxy) is 2. The zero-order chi connectivity index (χ0) is 27.0. The minimum absolute atomic E-state index is 0.100. The quantitative estimate of drug-likeness (QED) is 0.317. The van der Waals surface area contributed by atoms with Crippen LogP contribution < -0.4 is 20.5 Å². The molecule has 4 aromatic rings. The van der Waals surface area contributed by atoms with Gasteiger partial charge in [0.1, 0.15) is 29.5 Å². The van der Waals surface area contributed by atoms with E-state index in [0.29, 0.717) is 28.5 Å². The van der Waals surface area contributed by atoms with Crippen LogP contribution in [0.1, 0.15) is 18.4 Å². The molecule has 0 aromatic carbocycles. The van der Waals surface area contributed by atoms with Gasteiger partial charge in [0.05, 0.1) is 11.7 Å². The molecule has 0 saturated carbocycles.